The lowest BCUT2D eigenvalue weighted by Crippen LogP contribution is -2.32. The minimum Gasteiger partial charge on any atom is -0.372 e. The highest BCUT2D eigenvalue weighted by atomic mass is 16.2. The second kappa shape index (κ2) is 8.37. The van der Waals surface area contributed by atoms with Crippen molar-refractivity contribution in [2.75, 3.05) is 36.4 Å². The van der Waals surface area contributed by atoms with Gasteiger partial charge >= 0.3 is 0 Å². The summed E-state index contributed by atoms with van der Waals surface area (Å²) in [4.78, 5) is 25.6. The van der Waals surface area contributed by atoms with Crippen LogP contribution in [0, 0.1) is 0 Å². The molecule has 2 fully saturated rings. The maximum absolute atomic E-state index is 12.6. The van der Waals surface area contributed by atoms with Crippen molar-refractivity contribution >= 4 is 23.2 Å². The number of nitrogens with one attached hydrogen (secondary N) is 1. The summed E-state index contributed by atoms with van der Waals surface area (Å²) in [5.41, 5.74) is 2.77. The van der Waals surface area contributed by atoms with Crippen LogP contribution in [0.3, 0.4) is 0 Å². The maximum atomic E-state index is 12.6. The van der Waals surface area contributed by atoms with Crippen LogP contribution in [0.1, 0.15) is 48.9 Å². The van der Waals surface area contributed by atoms with E-state index in [1.54, 1.807) is 12.4 Å². The molecule has 0 aliphatic carbocycles. The lowest BCUT2D eigenvalue weighted by atomic mass is 10.2. The van der Waals surface area contributed by atoms with E-state index in [0.29, 0.717) is 11.5 Å². The van der Waals surface area contributed by atoms with E-state index < -0.39 is 0 Å². The molecule has 1 aromatic heterocycles. The number of likely N-dealkylation sites (tertiary alicyclic amines) is 1. The van der Waals surface area contributed by atoms with Crippen LogP contribution >= 0.6 is 0 Å². The Labute approximate surface area is 160 Å². The summed E-state index contributed by atoms with van der Waals surface area (Å²) in [7, 11) is 0. The molecule has 0 unspecified atom stereocenters. The van der Waals surface area contributed by atoms with Crippen molar-refractivity contribution < 1.29 is 4.79 Å². The van der Waals surface area contributed by atoms with Gasteiger partial charge < -0.3 is 15.1 Å². The lowest BCUT2D eigenvalue weighted by molar-refractivity contribution is 0.0761. The molecule has 0 saturated carbocycles. The van der Waals surface area contributed by atoms with E-state index in [0.717, 1.165) is 44.7 Å². The molecule has 1 amide bonds. The average molecular weight is 365 g/mol. The Balaban J connectivity index is 1.37. The highest BCUT2D eigenvalue weighted by Crippen LogP contribution is 2.23. The van der Waals surface area contributed by atoms with Crippen molar-refractivity contribution in [2.24, 2.45) is 0 Å². The van der Waals surface area contributed by atoms with Gasteiger partial charge in [0, 0.05) is 49.9 Å². The topological polar surface area (TPSA) is 61.4 Å². The molecule has 2 saturated heterocycles. The molecule has 0 radical (unpaired) electrons. The first-order valence-corrected chi connectivity index (χ1v) is 10.0. The van der Waals surface area contributed by atoms with Gasteiger partial charge in [0.25, 0.3) is 5.91 Å². The molecule has 142 valence electrons. The van der Waals surface area contributed by atoms with Gasteiger partial charge in [-0.1, -0.05) is 12.8 Å². The van der Waals surface area contributed by atoms with Crippen LogP contribution in [0.5, 0.6) is 0 Å². The van der Waals surface area contributed by atoms with Crippen molar-refractivity contribution in [1.82, 2.24) is 14.9 Å². The summed E-state index contributed by atoms with van der Waals surface area (Å²) >= 11 is 0. The number of amides is 1. The number of aromatic nitrogens is 2. The van der Waals surface area contributed by atoms with E-state index in [1.807, 2.05) is 17.0 Å². The van der Waals surface area contributed by atoms with Crippen molar-refractivity contribution in [3.8, 4) is 0 Å². The molecule has 0 atom stereocenters. The van der Waals surface area contributed by atoms with Gasteiger partial charge in [-0.3, -0.25) is 4.79 Å². The largest absolute Gasteiger partial charge is 0.372 e. The Kier molecular flexibility index (Phi) is 5.51. The van der Waals surface area contributed by atoms with Crippen molar-refractivity contribution in [2.45, 2.75) is 38.5 Å². The Morgan fingerprint density at radius 1 is 0.815 bits per heavy atom. The Morgan fingerprint density at radius 3 is 2.04 bits per heavy atom. The predicted molar refractivity (Wildman–Crippen MR) is 108 cm³/mol. The van der Waals surface area contributed by atoms with Crippen LogP contribution in [0.2, 0.25) is 0 Å². The third kappa shape index (κ3) is 4.38. The molecular weight excluding hydrogens is 338 g/mol. The Bertz CT molecular complexity index is 745. The second-order valence-electron chi connectivity index (χ2n) is 7.37. The molecular formula is C21H27N5O. The van der Waals surface area contributed by atoms with E-state index in [2.05, 4.69) is 32.3 Å². The van der Waals surface area contributed by atoms with Gasteiger partial charge in [-0.2, -0.15) is 0 Å². The minimum atomic E-state index is 0.0402. The first-order chi connectivity index (χ1) is 13.3. The summed E-state index contributed by atoms with van der Waals surface area (Å²) in [6.07, 6.45) is 10.4. The van der Waals surface area contributed by atoms with Crippen molar-refractivity contribution in [1.29, 1.82) is 0 Å². The molecule has 0 spiro atoms. The number of nitrogens with zero attached hydrogens (tertiary/aromatic N) is 4. The van der Waals surface area contributed by atoms with Gasteiger partial charge in [0.1, 0.15) is 0 Å². The first kappa shape index (κ1) is 17.8. The van der Waals surface area contributed by atoms with Gasteiger partial charge in [0.2, 0.25) is 5.95 Å². The predicted octanol–water partition coefficient (Wildman–Crippen LogP) is 3.84. The molecule has 6 nitrogen and oxygen atoms in total. The maximum Gasteiger partial charge on any atom is 0.256 e. The summed E-state index contributed by atoms with van der Waals surface area (Å²) in [6.45, 7) is 3.95. The number of rotatable bonds is 4. The zero-order chi connectivity index (χ0) is 18.5. The zero-order valence-corrected chi connectivity index (χ0v) is 15.7. The highest BCUT2D eigenvalue weighted by Gasteiger charge is 2.18. The molecule has 0 bridgehead atoms. The average Bonchev–Trinajstić information content (AvgIpc) is 3.11. The zero-order valence-electron chi connectivity index (χ0n) is 15.7. The third-order valence-electron chi connectivity index (χ3n) is 5.39. The molecule has 2 aromatic rings. The van der Waals surface area contributed by atoms with E-state index >= 15 is 0 Å². The van der Waals surface area contributed by atoms with Gasteiger partial charge in [0.15, 0.2) is 0 Å². The number of anilines is 3. The normalized spacial score (nSPS) is 17.6. The lowest BCUT2D eigenvalue weighted by Gasteiger charge is -2.20. The Morgan fingerprint density at radius 2 is 1.41 bits per heavy atom. The summed E-state index contributed by atoms with van der Waals surface area (Å²) in [5, 5.41) is 3.21. The molecule has 2 aliphatic heterocycles. The van der Waals surface area contributed by atoms with Gasteiger partial charge in [-0.05, 0) is 49.9 Å². The van der Waals surface area contributed by atoms with Crippen molar-refractivity contribution in [3.63, 3.8) is 0 Å². The standard InChI is InChI=1S/C21H27N5O/c27-20(26-13-3-1-2-4-14-26)17-15-22-21(23-16-17)24-18-7-9-19(10-8-18)25-11-5-6-12-25/h7-10,15-16H,1-6,11-14H2,(H,22,23,24). The molecule has 6 heteroatoms. The van der Waals surface area contributed by atoms with Crippen LogP contribution in [-0.4, -0.2) is 47.0 Å². The van der Waals surface area contributed by atoms with E-state index in [-0.39, 0.29) is 5.91 Å². The smallest absolute Gasteiger partial charge is 0.256 e. The summed E-state index contributed by atoms with van der Waals surface area (Å²) in [5.74, 6) is 0.551. The fraction of sp³-hybridized carbons (Fsp3) is 0.476. The third-order valence-corrected chi connectivity index (χ3v) is 5.39. The summed E-state index contributed by atoms with van der Waals surface area (Å²) in [6, 6.07) is 8.36. The number of hydrogen-bond acceptors (Lipinski definition) is 5. The van der Waals surface area contributed by atoms with Crippen LogP contribution < -0.4 is 10.2 Å². The highest BCUT2D eigenvalue weighted by molar-refractivity contribution is 5.93. The Hall–Kier alpha value is -2.63. The molecule has 1 N–H and O–H groups in total. The van der Waals surface area contributed by atoms with Crippen LogP contribution in [0.25, 0.3) is 0 Å². The van der Waals surface area contributed by atoms with Gasteiger partial charge in [0.05, 0.1) is 5.56 Å². The molecule has 27 heavy (non-hydrogen) atoms. The van der Waals surface area contributed by atoms with Crippen LogP contribution in [0.15, 0.2) is 36.7 Å². The molecule has 1 aromatic carbocycles. The summed E-state index contributed by atoms with van der Waals surface area (Å²) < 4.78 is 0. The van der Waals surface area contributed by atoms with Crippen molar-refractivity contribution in [3.05, 3.63) is 42.2 Å². The second-order valence-corrected chi connectivity index (χ2v) is 7.37. The van der Waals surface area contributed by atoms with E-state index in [4.69, 9.17) is 0 Å². The molecule has 4 rings (SSSR count). The first-order valence-electron chi connectivity index (χ1n) is 10.0. The number of carbonyl (C=O) groups is 1. The number of hydrogen-bond donors (Lipinski definition) is 1. The fourth-order valence-corrected chi connectivity index (χ4v) is 3.82. The monoisotopic (exact) mass is 365 g/mol. The van der Waals surface area contributed by atoms with Crippen LogP contribution in [-0.2, 0) is 0 Å². The number of benzene rings is 1. The quantitative estimate of drug-likeness (QED) is 0.892. The van der Waals surface area contributed by atoms with Gasteiger partial charge in [-0.25, -0.2) is 9.97 Å². The fourth-order valence-electron chi connectivity index (χ4n) is 3.82. The van der Waals surface area contributed by atoms with E-state index in [9.17, 15) is 4.79 Å². The van der Waals surface area contributed by atoms with Gasteiger partial charge in [-0.15, -0.1) is 0 Å². The van der Waals surface area contributed by atoms with Crippen LogP contribution in [0.4, 0.5) is 17.3 Å². The number of carbonyl (C=O) groups excluding carboxylic acids is 1. The molecule has 3 heterocycles. The SMILES string of the molecule is O=C(c1cnc(Nc2ccc(N3CCCC3)cc2)nc1)N1CCCCCC1. The minimum absolute atomic E-state index is 0.0402. The van der Waals surface area contributed by atoms with E-state index in [1.165, 1.54) is 31.4 Å². The molecule has 2 aliphatic rings.